The fraction of sp³-hybridized carbons (Fsp3) is 0.611. The fourth-order valence-electron chi connectivity index (χ4n) is 5.08. The number of esters is 1. The van der Waals surface area contributed by atoms with Gasteiger partial charge in [-0.3, -0.25) is 4.79 Å². The van der Waals surface area contributed by atoms with Crippen molar-refractivity contribution in [2.45, 2.75) is 50.3 Å². The van der Waals surface area contributed by atoms with Gasteiger partial charge < -0.3 is 14.5 Å². The molecule has 1 N–H and O–H groups in total. The van der Waals surface area contributed by atoms with Gasteiger partial charge in [0.15, 0.2) is 5.60 Å². The molecule has 0 spiro atoms. The van der Waals surface area contributed by atoms with E-state index >= 15 is 0 Å². The molecule has 1 aromatic carbocycles. The Hall–Kier alpha value is -1.55. The molecule has 2 fully saturated rings. The van der Waals surface area contributed by atoms with E-state index in [9.17, 15) is 4.79 Å². The number of carbonyl (C=O) groups excluding carboxylic acids is 1. The highest BCUT2D eigenvalue weighted by molar-refractivity contribution is 5.70. The molecule has 4 heteroatoms. The van der Waals surface area contributed by atoms with Crippen molar-refractivity contribution in [3.05, 3.63) is 29.8 Å². The first-order valence-electron chi connectivity index (χ1n) is 8.45. The zero-order valence-corrected chi connectivity index (χ0v) is 13.5. The molecule has 4 nitrogen and oxygen atoms in total. The summed E-state index contributed by atoms with van der Waals surface area (Å²) in [7, 11) is 2.38. The van der Waals surface area contributed by atoms with Gasteiger partial charge in [-0.2, -0.15) is 0 Å². The minimum Gasteiger partial charge on any atom is -0.452 e. The Kier molecular flexibility index (Phi) is 3.02. The van der Waals surface area contributed by atoms with E-state index in [-0.39, 0.29) is 12.0 Å². The molecule has 4 atom stereocenters. The molecule has 22 heavy (non-hydrogen) atoms. The second kappa shape index (κ2) is 4.72. The molecule has 0 bridgehead atoms. The highest BCUT2D eigenvalue weighted by Gasteiger charge is 2.61. The predicted molar refractivity (Wildman–Crippen MR) is 85.5 cm³/mol. The molecule has 118 valence electrons. The van der Waals surface area contributed by atoms with Crippen LogP contribution in [0.1, 0.15) is 38.2 Å². The van der Waals surface area contributed by atoms with E-state index in [1.54, 1.807) is 0 Å². The number of nitrogens with one attached hydrogen (secondary N) is 1. The molecule has 0 radical (unpaired) electrons. The normalized spacial score (nSPS) is 39.2. The van der Waals surface area contributed by atoms with Crippen LogP contribution in [0.4, 0.5) is 5.69 Å². The number of nitrogens with zero attached hydrogens (tertiary/aromatic N) is 1. The predicted octanol–water partition coefficient (Wildman–Crippen LogP) is 2.64. The van der Waals surface area contributed by atoms with Crippen LogP contribution in [0.15, 0.2) is 24.3 Å². The maximum atomic E-state index is 11.8. The third-order valence-corrected chi connectivity index (χ3v) is 6.12. The van der Waals surface area contributed by atoms with Crippen molar-refractivity contribution >= 4 is 11.7 Å². The molecule has 1 aromatic rings. The number of likely N-dealkylation sites (N-methyl/N-ethyl adjacent to an activating group) is 1. The zero-order valence-electron chi connectivity index (χ0n) is 13.5. The summed E-state index contributed by atoms with van der Waals surface area (Å²) in [4.78, 5) is 11.8. The maximum Gasteiger partial charge on any atom is 0.303 e. The molecule has 0 saturated carbocycles. The van der Waals surface area contributed by atoms with E-state index in [2.05, 4.69) is 36.6 Å². The summed E-state index contributed by atoms with van der Waals surface area (Å²) in [5.41, 5.74) is 1.85. The largest absolute Gasteiger partial charge is 0.452 e. The highest BCUT2D eigenvalue weighted by atomic mass is 16.6. The van der Waals surface area contributed by atoms with Crippen LogP contribution < -0.4 is 5.32 Å². The van der Waals surface area contributed by atoms with Crippen LogP contribution in [0, 0.1) is 0 Å². The molecule has 4 rings (SSSR count). The smallest absolute Gasteiger partial charge is 0.303 e. The van der Waals surface area contributed by atoms with Gasteiger partial charge in [0.05, 0.1) is 20.1 Å². The fourth-order valence-corrected chi connectivity index (χ4v) is 5.08. The number of anilines is 1. The lowest BCUT2D eigenvalue weighted by Gasteiger charge is -2.55. The van der Waals surface area contributed by atoms with Gasteiger partial charge >= 0.3 is 5.97 Å². The van der Waals surface area contributed by atoms with Crippen molar-refractivity contribution < 1.29 is 14.0 Å². The van der Waals surface area contributed by atoms with Gasteiger partial charge in [0, 0.05) is 31.0 Å². The molecule has 0 amide bonds. The van der Waals surface area contributed by atoms with Crippen molar-refractivity contribution in [2.24, 2.45) is 0 Å². The molecule has 3 aliphatic rings. The van der Waals surface area contributed by atoms with Gasteiger partial charge in [-0.15, -0.1) is 0 Å². The summed E-state index contributed by atoms with van der Waals surface area (Å²) < 4.78 is 7.13. The number of benzene rings is 1. The van der Waals surface area contributed by atoms with Crippen molar-refractivity contribution in [2.75, 3.05) is 25.5 Å². The van der Waals surface area contributed by atoms with Crippen molar-refractivity contribution in [1.82, 2.24) is 0 Å². The van der Waals surface area contributed by atoms with Crippen molar-refractivity contribution in [3.8, 4) is 0 Å². The zero-order chi connectivity index (χ0) is 15.4. The maximum absolute atomic E-state index is 11.8. The van der Waals surface area contributed by atoms with Gasteiger partial charge in [0.2, 0.25) is 0 Å². The molecular formula is C18H25N2O2+. The number of piperidine rings is 2. The van der Waals surface area contributed by atoms with Gasteiger partial charge in [0.25, 0.3) is 0 Å². The van der Waals surface area contributed by atoms with E-state index in [0.29, 0.717) is 6.04 Å². The first-order chi connectivity index (χ1) is 10.6. The van der Waals surface area contributed by atoms with Gasteiger partial charge in [-0.1, -0.05) is 18.2 Å². The molecule has 3 aliphatic heterocycles. The number of quaternary nitrogens is 1. The second-order valence-electron chi connectivity index (χ2n) is 7.39. The molecule has 2 saturated heterocycles. The van der Waals surface area contributed by atoms with Crippen molar-refractivity contribution in [1.29, 1.82) is 0 Å². The van der Waals surface area contributed by atoms with Crippen molar-refractivity contribution in [3.63, 3.8) is 0 Å². The topological polar surface area (TPSA) is 38.3 Å². The number of ether oxygens (including phenoxy) is 1. The molecular weight excluding hydrogens is 276 g/mol. The highest BCUT2D eigenvalue weighted by Crippen LogP contribution is 2.52. The minimum absolute atomic E-state index is 0.171. The number of rotatable bonds is 1. The second-order valence-corrected chi connectivity index (χ2v) is 7.39. The van der Waals surface area contributed by atoms with Crippen LogP contribution in [-0.2, 0) is 15.1 Å². The summed E-state index contributed by atoms with van der Waals surface area (Å²) in [6.07, 6.45) is 4.72. The van der Waals surface area contributed by atoms with Gasteiger partial charge in [0.1, 0.15) is 12.1 Å². The standard InChI is InChI=1S/C18H25N2O2/c1-13(21)22-18-10-12-20(2)11-6-5-9-16(20)17(18)19-15-8-4-3-7-14(15)18/h3-4,7-8,16-17,19H,5-6,9-12H2,1-2H3/q+1/t16-,17?,18+,20+/m1/s1. The Morgan fingerprint density at radius 3 is 2.95 bits per heavy atom. The third-order valence-electron chi connectivity index (χ3n) is 6.12. The van der Waals surface area contributed by atoms with Crippen LogP contribution in [0.5, 0.6) is 0 Å². The molecule has 0 aliphatic carbocycles. The van der Waals surface area contributed by atoms with Gasteiger partial charge in [-0.25, -0.2) is 0 Å². The van der Waals surface area contributed by atoms with Crippen LogP contribution in [0.3, 0.4) is 0 Å². The van der Waals surface area contributed by atoms with Crippen LogP contribution in [0.2, 0.25) is 0 Å². The lowest BCUT2D eigenvalue weighted by Crippen LogP contribution is -2.70. The Balaban J connectivity index is 1.81. The number of hydrogen-bond donors (Lipinski definition) is 1. The monoisotopic (exact) mass is 301 g/mol. The van der Waals surface area contributed by atoms with E-state index in [0.717, 1.165) is 23.1 Å². The number of carbonyl (C=O) groups is 1. The third kappa shape index (κ3) is 1.83. The average Bonchev–Trinajstić information content (AvgIpc) is 2.81. The van der Waals surface area contributed by atoms with Crippen LogP contribution in [-0.4, -0.2) is 42.7 Å². The first-order valence-corrected chi connectivity index (χ1v) is 8.45. The summed E-state index contributed by atoms with van der Waals surface area (Å²) >= 11 is 0. The Morgan fingerprint density at radius 2 is 2.14 bits per heavy atom. The van der Waals surface area contributed by atoms with E-state index in [1.165, 1.54) is 38.3 Å². The van der Waals surface area contributed by atoms with Gasteiger partial charge in [-0.05, 0) is 18.9 Å². The lowest BCUT2D eigenvalue weighted by molar-refractivity contribution is -0.946. The number of para-hydroxylation sites is 1. The number of hydrogen-bond acceptors (Lipinski definition) is 3. The molecule has 1 unspecified atom stereocenters. The lowest BCUT2D eigenvalue weighted by atomic mass is 9.75. The Labute approximate surface area is 132 Å². The number of fused-ring (bicyclic) bond motifs is 5. The van der Waals surface area contributed by atoms with E-state index < -0.39 is 5.60 Å². The minimum atomic E-state index is -0.470. The van der Waals surface area contributed by atoms with Crippen LogP contribution >= 0.6 is 0 Å². The SMILES string of the molecule is CC(=O)O[C@]12CC[N@+]3(C)CCCC[C@@H]3C1Nc1ccccc12. The quantitative estimate of drug-likeness (QED) is 0.640. The molecule has 3 heterocycles. The van der Waals surface area contributed by atoms with E-state index in [4.69, 9.17) is 4.74 Å². The Morgan fingerprint density at radius 1 is 1.32 bits per heavy atom. The Bertz CT molecular complexity index is 617. The molecule has 0 aromatic heterocycles. The summed E-state index contributed by atoms with van der Waals surface area (Å²) in [6.45, 7) is 3.87. The summed E-state index contributed by atoms with van der Waals surface area (Å²) in [6, 6.07) is 9.08. The first kappa shape index (κ1) is 14.1. The summed E-state index contributed by atoms with van der Waals surface area (Å²) in [5, 5.41) is 3.71. The van der Waals surface area contributed by atoms with E-state index in [1.807, 2.05) is 0 Å². The summed E-state index contributed by atoms with van der Waals surface area (Å²) in [5.74, 6) is -0.171. The average molecular weight is 301 g/mol. The van der Waals surface area contributed by atoms with Crippen LogP contribution in [0.25, 0.3) is 0 Å².